The van der Waals surface area contributed by atoms with Gasteiger partial charge in [-0.1, -0.05) is 6.07 Å². The number of rotatable bonds is 3. The molecule has 1 aliphatic rings. The van der Waals surface area contributed by atoms with Gasteiger partial charge in [0.2, 0.25) is 0 Å². The number of amides is 1. The number of carbonyl (C=O) groups excluding carboxylic acids is 1. The Bertz CT molecular complexity index is 383. The third-order valence-electron chi connectivity index (χ3n) is 2.65. The van der Waals surface area contributed by atoms with Crippen molar-refractivity contribution in [2.24, 2.45) is 5.92 Å². The van der Waals surface area contributed by atoms with Gasteiger partial charge >= 0.3 is 0 Å². The van der Waals surface area contributed by atoms with Gasteiger partial charge in [0.15, 0.2) is 0 Å². The highest BCUT2D eigenvalue weighted by Gasteiger charge is 2.22. The number of nitrogens with one attached hydrogen (secondary N) is 1. The van der Waals surface area contributed by atoms with Crippen LogP contribution in [0.5, 0.6) is 5.75 Å². The largest absolute Gasteiger partial charge is 0.507 e. The van der Waals surface area contributed by atoms with Gasteiger partial charge in [-0.3, -0.25) is 4.79 Å². The standard InChI is InChI=1S/C12H15NO2/c1-8-2-5-10(11(14)6-8)12(15)13-7-9-3-4-9/h2,5-6,9,14H,3-4,7H2,1H3,(H,13,15). The first-order valence-electron chi connectivity index (χ1n) is 5.24. The van der Waals surface area contributed by atoms with Gasteiger partial charge < -0.3 is 10.4 Å². The summed E-state index contributed by atoms with van der Waals surface area (Å²) in [6, 6.07) is 5.09. The van der Waals surface area contributed by atoms with E-state index in [1.165, 1.54) is 12.8 Å². The van der Waals surface area contributed by atoms with Gasteiger partial charge in [-0.15, -0.1) is 0 Å². The van der Waals surface area contributed by atoms with Crippen molar-refractivity contribution in [1.29, 1.82) is 0 Å². The molecule has 0 radical (unpaired) electrons. The predicted octanol–water partition coefficient (Wildman–Crippen LogP) is 1.84. The second-order valence-electron chi connectivity index (χ2n) is 4.17. The van der Waals surface area contributed by atoms with Gasteiger partial charge in [0.1, 0.15) is 5.75 Å². The van der Waals surface area contributed by atoms with Crippen molar-refractivity contribution < 1.29 is 9.90 Å². The first-order chi connectivity index (χ1) is 7.16. The minimum absolute atomic E-state index is 0.0586. The number of aryl methyl sites for hydroxylation is 1. The van der Waals surface area contributed by atoms with E-state index in [0.29, 0.717) is 11.5 Å². The van der Waals surface area contributed by atoms with Crippen molar-refractivity contribution in [3.8, 4) is 5.75 Å². The summed E-state index contributed by atoms with van der Waals surface area (Å²) in [5, 5.41) is 12.4. The molecule has 0 saturated heterocycles. The zero-order valence-electron chi connectivity index (χ0n) is 8.79. The average Bonchev–Trinajstić information content (AvgIpc) is 2.97. The van der Waals surface area contributed by atoms with Crippen LogP contribution in [0, 0.1) is 12.8 Å². The van der Waals surface area contributed by atoms with Crippen molar-refractivity contribution >= 4 is 5.91 Å². The van der Waals surface area contributed by atoms with Crippen LogP contribution in [0.15, 0.2) is 18.2 Å². The van der Waals surface area contributed by atoms with Gasteiger partial charge in [0.25, 0.3) is 5.91 Å². The Kier molecular flexibility index (Phi) is 2.62. The molecule has 80 valence electrons. The molecular formula is C12H15NO2. The van der Waals surface area contributed by atoms with Crippen molar-refractivity contribution in [3.05, 3.63) is 29.3 Å². The fraction of sp³-hybridized carbons (Fsp3) is 0.417. The molecule has 0 aliphatic heterocycles. The smallest absolute Gasteiger partial charge is 0.255 e. The summed E-state index contributed by atoms with van der Waals surface area (Å²) >= 11 is 0. The zero-order chi connectivity index (χ0) is 10.8. The lowest BCUT2D eigenvalue weighted by molar-refractivity contribution is 0.0949. The quantitative estimate of drug-likeness (QED) is 0.791. The summed E-state index contributed by atoms with van der Waals surface area (Å²) in [6.45, 7) is 2.61. The third-order valence-corrected chi connectivity index (χ3v) is 2.65. The average molecular weight is 205 g/mol. The summed E-state index contributed by atoms with van der Waals surface area (Å²) in [6.07, 6.45) is 2.42. The number of hydrogen-bond donors (Lipinski definition) is 2. The van der Waals surface area contributed by atoms with Crippen LogP contribution in [-0.4, -0.2) is 17.6 Å². The Hall–Kier alpha value is -1.51. The SMILES string of the molecule is Cc1ccc(C(=O)NCC2CC2)c(O)c1. The Morgan fingerprint density at radius 1 is 1.53 bits per heavy atom. The molecular weight excluding hydrogens is 190 g/mol. The summed E-state index contributed by atoms with van der Waals surface area (Å²) in [5.41, 5.74) is 1.31. The Labute approximate surface area is 89.1 Å². The minimum atomic E-state index is -0.181. The minimum Gasteiger partial charge on any atom is -0.507 e. The van der Waals surface area contributed by atoms with E-state index < -0.39 is 0 Å². The molecule has 1 fully saturated rings. The van der Waals surface area contributed by atoms with Crippen LogP contribution in [0.1, 0.15) is 28.8 Å². The number of benzene rings is 1. The van der Waals surface area contributed by atoms with E-state index in [0.717, 1.165) is 12.1 Å². The molecule has 1 aliphatic carbocycles. The molecule has 1 saturated carbocycles. The first kappa shape index (κ1) is 10.0. The maximum Gasteiger partial charge on any atom is 0.255 e. The molecule has 1 aromatic carbocycles. The lowest BCUT2D eigenvalue weighted by Gasteiger charge is -2.06. The van der Waals surface area contributed by atoms with Crippen LogP contribution in [-0.2, 0) is 0 Å². The summed E-state index contributed by atoms with van der Waals surface area (Å²) in [4.78, 5) is 11.6. The lowest BCUT2D eigenvalue weighted by Crippen LogP contribution is -2.25. The van der Waals surface area contributed by atoms with E-state index in [1.54, 1.807) is 12.1 Å². The van der Waals surface area contributed by atoms with Crippen LogP contribution in [0.4, 0.5) is 0 Å². The maximum absolute atomic E-state index is 11.6. The number of hydrogen-bond acceptors (Lipinski definition) is 2. The molecule has 0 heterocycles. The molecule has 1 amide bonds. The third kappa shape index (κ3) is 2.49. The highest BCUT2D eigenvalue weighted by atomic mass is 16.3. The van der Waals surface area contributed by atoms with Crippen molar-refractivity contribution in [2.75, 3.05) is 6.54 Å². The van der Waals surface area contributed by atoms with Crippen LogP contribution >= 0.6 is 0 Å². The molecule has 0 spiro atoms. The van der Waals surface area contributed by atoms with Gasteiger partial charge in [0.05, 0.1) is 5.56 Å². The number of phenols is 1. The fourth-order valence-corrected chi connectivity index (χ4v) is 1.49. The molecule has 0 unspecified atom stereocenters. The van der Waals surface area contributed by atoms with E-state index >= 15 is 0 Å². The van der Waals surface area contributed by atoms with E-state index in [9.17, 15) is 9.90 Å². The maximum atomic E-state index is 11.6. The van der Waals surface area contributed by atoms with Crippen molar-refractivity contribution in [2.45, 2.75) is 19.8 Å². The topological polar surface area (TPSA) is 49.3 Å². The number of carbonyl (C=O) groups is 1. The van der Waals surface area contributed by atoms with Gasteiger partial charge in [-0.25, -0.2) is 0 Å². The van der Waals surface area contributed by atoms with Gasteiger partial charge in [-0.05, 0) is 43.4 Å². The molecule has 15 heavy (non-hydrogen) atoms. The molecule has 1 aromatic rings. The molecule has 3 nitrogen and oxygen atoms in total. The fourth-order valence-electron chi connectivity index (χ4n) is 1.49. The van der Waals surface area contributed by atoms with Crippen molar-refractivity contribution in [3.63, 3.8) is 0 Å². The zero-order valence-corrected chi connectivity index (χ0v) is 8.79. The highest BCUT2D eigenvalue weighted by molar-refractivity contribution is 5.96. The molecule has 3 heteroatoms. The first-order valence-corrected chi connectivity index (χ1v) is 5.24. The van der Waals surface area contributed by atoms with Crippen LogP contribution in [0.2, 0.25) is 0 Å². The Morgan fingerprint density at radius 3 is 2.87 bits per heavy atom. The number of phenolic OH excluding ortho intramolecular Hbond substituents is 1. The van der Waals surface area contributed by atoms with E-state index in [-0.39, 0.29) is 11.7 Å². The Morgan fingerprint density at radius 2 is 2.27 bits per heavy atom. The Balaban J connectivity index is 2.03. The highest BCUT2D eigenvalue weighted by Crippen LogP contribution is 2.28. The molecule has 0 aromatic heterocycles. The second-order valence-corrected chi connectivity index (χ2v) is 4.17. The van der Waals surface area contributed by atoms with Crippen molar-refractivity contribution in [1.82, 2.24) is 5.32 Å². The summed E-state index contributed by atoms with van der Waals surface area (Å²) in [5.74, 6) is 0.532. The van der Waals surface area contributed by atoms with E-state index in [4.69, 9.17) is 0 Å². The van der Waals surface area contributed by atoms with E-state index in [2.05, 4.69) is 5.32 Å². The van der Waals surface area contributed by atoms with E-state index in [1.807, 2.05) is 13.0 Å². The van der Waals surface area contributed by atoms with Gasteiger partial charge in [0, 0.05) is 6.54 Å². The predicted molar refractivity (Wildman–Crippen MR) is 57.9 cm³/mol. The lowest BCUT2D eigenvalue weighted by atomic mass is 10.1. The summed E-state index contributed by atoms with van der Waals surface area (Å²) < 4.78 is 0. The second kappa shape index (κ2) is 3.93. The summed E-state index contributed by atoms with van der Waals surface area (Å²) in [7, 11) is 0. The molecule has 2 rings (SSSR count). The normalized spacial score (nSPS) is 15.0. The molecule has 0 atom stereocenters. The van der Waals surface area contributed by atoms with Crippen LogP contribution < -0.4 is 5.32 Å². The molecule has 2 N–H and O–H groups in total. The van der Waals surface area contributed by atoms with Crippen LogP contribution in [0.3, 0.4) is 0 Å². The monoisotopic (exact) mass is 205 g/mol. The van der Waals surface area contributed by atoms with Crippen LogP contribution in [0.25, 0.3) is 0 Å². The molecule has 0 bridgehead atoms. The van der Waals surface area contributed by atoms with Gasteiger partial charge in [-0.2, -0.15) is 0 Å². The number of aromatic hydroxyl groups is 1.